The molecule has 1 rings (SSSR count). The van der Waals surface area contributed by atoms with Crippen LogP contribution in [0, 0.1) is 0 Å². The van der Waals surface area contributed by atoms with Crippen molar-refractivity contribution in [2.45, 2.75) is 12.8 Å². The van der Waals surface area contributed by atoms with E-state index in [1.54, 1.807) is 19.2 Å². The molecule has 0 radical (unpaired) electrons. The highest BCUT2D eigenvalue weighted by Crippen LogP contribution is 2.17. The normalized spacial score (nSPS) is 10.0. The van der Waals surface area contributed by atoms with Gasteiger partial charge in [-0.1, -0.05) is 22.0 Å². The topological polar surface area (TPSA) is 66.8 Å². The van der Waals surface area contributed by atoms with E-state index in [4.69, 9.17) is 9.84 Å². The molecule has 0 saturated carbocycles. The number of ether oxygens (including phenoxy) is 1. The molecule has 6 heteroatoms. The first-order valence-corrected chi connectivity index (χ1v) is 6.62. The van der Waals surface area contributed by atoms with Gasteiger partial charge in [-0.05, 0) is 24.6 Å². The van der Waals surface area contributed by atoms with Gasteiger partial charge >= 0.3 is 5.97 Å². The molecule has 5 nitrogen and oxygen atoms in total. The van der Waals surface area contributed by atoms with E-state index < -0.39 is 5.97 Å². The average Bonchev–Trinajstić information content (AvgIpc) is 2.35. The van der Waals surface area contributed by atoms with Gasteiger partial charge in [-0.3, -0.25) is 9.59 Å². The number of benzene rings is 1. The Bertz CT molecular complexity index is 450. The highest BCUT2D eigenvalue weighted by Gasteiger charge is 2.10. The van der Waals surface area contributed by atoms with Gasteiger partial charge in [-0.15, -0.1) is 0 Å². The smallest absolute Gasteiger partial charge is 0.303 e. The number of halogens is 1. The molecule has 0 unspecified atom stereocenters. The summed E-state index contributed by atoms with van der Waals surface area (Å²) < 4.78 is 6.24. The maximum Gasteiger partial charge on any atom is 0.303 e. The van der Waals surface area contributed by atoms with Gasteiger partial charge in [0.15, 0.2) is 6.61 Å². The van der Waals surface area contributed by atoms with Crippen LogP contribution in [0.25, 0.3) is 0 Å². The van der Waals surface area contributed by atoms with Crippen molar-refractivity contribution >= 4 is 27.8 Å². The minimum atomic E-state index is -0.855. The summed E-state index contributed by atoms with van der Waals surface area (Å²) >= 11 is 3.31. The number of amides is 1. The first kappa shape index (κ1) is 15.5. The van der Waals surface area contributed by atoms with Crippen LogP contribution >= 0.6 is 15.9 Å². The average molecular weight is 330 g/mol. The maximum atomic E-state index is 11.7. The van der Waals surface area contributed by atoms with Gasteiger partial charge in [0.1, 0.15) is 5.75 Å². The molecule has 0 saturated heterocycles. The summed E-state index contributed by atoms with van der Waals surface area (Å²) in [6.07, 6.45) is 0.499. The predicted molar refractivity (Wildman–Crippen MR) is 74.1 cm³/mol. The molecule has 0 aliphatic rings. The summed E-state index contributed by atoms with van der Waals surface area (Å²) in [4.78, 5) is 23.6. The van der Waals surface area contributed by atoms with Crippen molar-refractivity contribution in [1.29, 1.82) is 0 Å². The molecule has 0 aliphatic heterocycles. The lowest BCUT2D eigenvalue weighted by molar-refractivity contribution is -0.138. The van der Waals surface area contributed by atoms with E-state index in [-0.39, 0.29) is 18.9 Å². The molecular formula is C13H16BrNO4. The summed E-state index contributed by atoms with van der Waals surface area (Å²) in [7, 11) is 1.63. The minimum absolute atomic E-state index is 0.0555. The fourth-order valence-electron chi connectivity index (χ4n) is 1.40. The van der Waals surface area contributed by atoms with E-state index in [0.717, 1.165) is 4.47 Å². The Kier molecular flexibility index (Phi) is 6.35. The molecule has 0 spiro atoms. The molecule has 0 heterocycles. The highest BCUT2D eigenvalue weighted by molar-refractivity contribution is 9.10. The fourth-order valence-corrected chi connectivity index (χ4v) is 1.78. The quantitative estimate of drug-likeness (QED) is 0.832. The van der Waals surface area contributed by atoms with Gasteiger partial charge in [0.2, 0.25) is 0 Å². The van der Waals surface area contributed by atoms with Crippen LogP contribution in [0.4, 0.5) is 0 Å². The van der Waals surface area contributed by atoms with Gasteiger partial charge in [0.25, 0.3) is 5.91 Å². The van der Waals surface area contributed by atoms with Crippen LogP contribution in [0.15, 0.2) is 28.7 Å². The zero-order valence-corrected chi connectivity index (χ0v) is 12.2. The van der Waals surface area contributed by atoms with Crippen molar-refractivity contribution in [2.75, 3.05) is 20.2 Å². The molecule has 104 valence electrons. The van der Waals surface area contributed by atoms with E-state index in [2.05, 4.69) is 15.9 Å². The molecule has 1 aromatic carbocycles. The SMILES string of the molecule is CN(CCCC(=O)O)C(=O)COc1cccc(Br)c1. The predicted octanol–water partition coefficient (Wildman–Crippen LogP) is 2.15. The summed E-state index contributed by atoms with van der Waals surface area (Å²) in [5.41, 5.74) is 0. The Hall–Kier alpha value is -1.56. The van der Waals surface area contributed by atoms with Crippen molar-refractivity contribution in [3.05, 3.63) is 28.7 Å². The molecule has 1 N–H and O–H groups in total. The third kappa shape index (κ3) is 6.24. The van der Waals surface area contributed by atoms with Crippen LogP contribution in [0.2, 0.25) is 0 Å². The highest BCUT2D eigenvalue weighted by atomic mass is 79.9. The number of carbonyl (C=O) groups is 2. The number of carboxylic acid groups (broad SMARTS) is 1. The molecule has 1 amide bonds. The summed E-state index contributed by atoms with van der Waals surface area (Å²) in [5.74, 6) is -0.418. The molecule has 19 heavy (non-hydrogen) atoms. The van der Waals surface area contributed by atoms with E-state index in [1.165, 1.54) is 4.90 Å². The Morgan fingerprint density at radius 3 is 2.79 bits per heavy atom. The molecule has 0 aliphatic carbocycles. The number of carboxylic acids is 1. The zero-order chi connectivity index (χ0) is 14.3. The van der Waals surface area contributed by atoms with Gasteiger partial charge in [-0.25, -0.2) is 0 Å². The molecule has 0 aromatic heterocycles. The third-order valence-electron chi connectivity index (χ3n) is 2.47. The first-order chi connectivity index (χ1) is 8.99. The van der Waals surface area contributed by atoms with E-state index in [1.807, 2.05) is 12.1 Å². The second-order valence-electron chi connectivity index (χ2n) is 4.06. The lowest BCUT2D eigenvalue weighted by atomic mass is 10.3. The van der Waals surface area contributed by atoms with E-state index in [9.17, 15) is 9.59 Å². The summed E-state index contributed by atoms with van der Waals surface area (Å²) in [6.45, 7) is 0.354. The maximum absolute atomic E-state index is 11.7. The Balaban J connectivity index is 2.32. The van der Waals surface area contributed by atoms with Crippen molar-refractivity contribution < 1.29 is 19.4 Å². The van der Waals surface area contributed by atoms with Gasteiger partial charge in [0, 0.05) is 24.5 Å². The van der Waals surface area contributed by atoms with Gasteiger partial charge < -0.3 is 14.7 Å². The van der Waals surface area contributed by atoms with Gasteiger partial charge in [0.05, 0.1) is 0 Å². The number of hydrogen-bond donors (Lipinski definition) is 1. The summed E-state index contributed by atoms with van der Waals surface area (Å²) in [5, 5.41) is 8.51. The van der Waals surface area contributed by atoms with Crippen molar-refractivity contribution in [2.24, 2.45) is 0 Å². The van der Waals surface area contributed by atoms with Gasteiger partial charge in [-0.2, -0.15) is 0 Å². The van der Waals surface area contributed by atoms with E-state index >= 15 is 0 Å². The molecule has 0 fully saturated rings. The van der Waals surface area contributed by atoms with Crippen LogP contribution in [0.1, 0.15) is 12.8 Å². The van der Waals surface area contributed by atoms with Crippen LogP contribution in [0.5, 0.6) is 5.75 Å². The largest absolute Gasteiger partial charge is 0.484 e. The number of hydrogen-bond acceptors (Lipinski definition) is 3. The van der Waals surface area contributed by atoms with Crippen LogP contribution in [-0.4, -0.2) is 42.1 Å². The van der Waals surface area contributed by atoms with Crippen molar-refractivity contribution in [3.63, 3.8) is 0 Å². The lowest BCUT2D eigenvalue weighted by Crippen LogP contribution is -2.32. The molecule has 0 bridgehead atoms. The number of aliphatic carboxylic acids is 1. The minimum Gasteiger partial charge on any atom is -0.484 e. The van der Waals surface area contributed by atoms with Crippen LogP contribution in [0.3, 0.4) is 0 Å². The zero-order valence-electron chi connectivity index (χ0n) is 10.6. The van der Waals surface area contributed by atoms with E-state index in [0.29, 0.717) is 18.7 Å². The molecular weight excluding hydrogens is 314 g/mol. The Morgan fingerprint density at radius 2 is 2.16 bits per heavy atom. The van der Waals surface area contributed by atoms with Crippen LogP contribution in [-0.2, 0) is 9.59 Å². The summed E-state index contributed by atoms with van der Waals surface area (Å²) in [6, 6.07) is 7.23. The Labute approximate surface area is 120 Å². The standard InChI is InChI=1S/C13H16BrNO4/c1-15(7-3-6-13(17)18)12(16)9-19-11-5-2-4-10(14)8-11/h2,4-5,8H,3,6-7,9H2,1H3,(H,17,18). The third-order valence-corrected chi connectivity index (χ3v) is 2.96. The van der Waals surface area contributed by atoms with Crippen LogP contribution < -0.4 is 4.74 Å². The monoisotopic (exact) mass is 329 g/mol. The van der Waals surface area contributed by atoms with Crippen molar-refractivity contribution in [1.82, 2.24) is 4.90 Å². The number of likely N-dealkylation sites (N-methyl/N-ethyl adjacent to an activating group) is 1. The second-order valence-corrected chi connectivity index (χ2v) is 4.97. The molecule has 0 atom stereocenters. The first-order valence-electron chi connectivity index (χ1n) is 5.83. The van der Waals surface area contributed by atoms with Crippen molar-refractivity contribution in [3.8, 4) is 5.75 Å². The number of nitrogens with zero attached hydrogens (tertiary/aromatic N) is 1. The number of carbonyl (C=O) groups excluding carboxylic acids is 1. The lowest BCUT2D eigenvalue weighted by Gasteiger charge is -2.16. The fraction of sp³-hybridized carbons (Fsp3) is 0.385. The molecule has 1 aromatic rings. The number of rotatable bonds is 7. The second kappa shape index (κ2) is 7.78. The Morgan fingerprint density at radius 1 is 1.42 bits per heavy atom.